The van der Waals surface area contributed by atoms with Crippen LogP contribution in [0, 0.1) is 11.3 Å². The highest BCUT2D eigenvalue weighted by Crippen LogP contribution is 2.60. The van der Waals surface area contributed by atoms with Crippen molar-refractivity contribution >= 4 is 35.8 Å². The lowest BCUT2D eigenvalue weighted by Crippen LogP contribution is -2.54. The van der Waals surface area contributed by atoms with Gasteiger partial charge in [0.05, 0.1) is 6.54 Å². The summed E-state index contributed by atoms with van der Waals surface area (Å²) in [6.07, 6.45) is 5.63. The van der Waals surface area contributed by atoms with E-state index in [1.165, 1.54) is 25.7 Å². The minimum atomic E-state index is 0. The van der Waals surface area contributed by atoms with Crippen LogP contribution in [0.1, 0.15) is 39.5 Å². The van der Waals surface area contributed by atoms with Gasteiger partial charge in [-0.2, -0.15) is 0 Å². The van der Waals surface area contributed by atoms with Crippen LogP contribution in [-0.2, 0) is 4.79 Å². The predicted molar refractivity (Wildman–Crippen MR) is 112 cm³/mol. The Morgan fingerprint density at radius 3 is 2.32 bits per heavy atom. The fraction of sp³-hybridized carbons (Fsp3) is 0.889. The van der Waals surface area contributed by atoms with Crippen LogP contribution in [-0.4, -0.2) is 74.0 Å². The molecule has 2 N–H and O–H groups in total. The number of piperazine rings is 1. The van der Waals surface area contributed by atoms with Crippen LogP contribution in [0.5, 0.6) is 0 Å². The van der Waals surface area contributed by atoms with Crippen molar-refractivity contribution in [3.63, 3.8) is 0 Å². The molecule has 0 unspecified atom stereocenters. The molecule has 0 aromatic carbocycles. The van der Waals surface area contributed by atoms with Crippen molar-refractivity contribution < 1.29 is 4.79 Å². The molecule has 0 aromatic rings. The molecule has 1 saturated heterocycles. The van der Waals surface area contributed by atoms with Crippen LogP contribution in [0.2, 0.25) is 0 Å². The molecule has 3 fully saturated rings. The minimum Gasteiger partial charge on any atom is -0.356 e. The first-order chi connectivity index (χ1) is 11.5. The Balaban J connectivity index is 0.00000225. The zero-order chi connectivity index (χ0) is 17.2. The Bertz CT molecular complexity index is 480. The molecule has 1 amide bonds. The Labute approximate surface area is 169 Å². The normalized spacial score (nSPS) is 23.2. The molecule has 144 valence electrons. The van der Waals surface area contributed by atoms with Crippen LogP contribution in [0.25, 0.3) is 0 Å². The van der Waals surface area contributed by atoms with Crippen molar-refractivity contribution in [3.05, 3.63) is 0 Å². The SMILES string of the molecule is CN=C(NCC1(C2CC2)CC1)N1CCN(CC(=O)NC(C)C)CC1.I. The van der Waals surface area contributed by atoms with Crippen LogP contribution >= 0.6 is 24.0 Å². The van der Waals surface area contributed by atoms with Crippen LogP contribution in [0.4, 0.5) is 0 Å². The van der Waals surface area contributed by atoms with E-state index in [-0.39, 0.29) is 35.9 Å². The molecule has 0 radical (unpaired) electrons. The van der Waals surface area contributed by atoms with Crippen LogP contribution < -0.4 is 10.6 Å². The molecule has 0 bridgehead atoms. The van der Waals surface area contributed by atoms with Gasteiger partial charge < -0.3 is 15.5 Å². The molecule has 2 saturated carbocycles. The lowest BCUT2D eigenvalue weighted by Gasteiger charge is -2.36. The van der Waals surface area contributed by atoms with Crippen molar-refractivity contribution in [1.29, 1.82) is 0 Å². The largest absolute Gasteiger partial charge is 0.356 e. The summed E-state index contributed by atoms with van der Waals surface area (Å²) in [5.74, 6) is 2.13. The van der Waals surface area contributed by atoms with Crippen molar-refractivity contribution in [1.82, 2.24) is 20.4 Å². The number of halogens is 1. The summed E-state index contributed by atoms with van der Waals surface area (Å²) in [5.41, 5.74) is 0.590. The van der Waals surface area contributed by atoms with E-state index in [9.17, 15) is 4.79 Å². The molecule has 3 rings (SSSR count). The number of carbonyl (C=O) groups is 1. The number of nitrogens with zero attached hydrogens (tertiary/aromatic N) is 3. The molecule has 2 aliphatic carbocycles. The summed E-state index contributed by atoms with van der Waals surface area (Å²) >= 11 is 0. The van der Waals surface area contributed by atoms with Crippen molar-refractivity contribution in [2.45, 2.75) is 45.6 Å². The highest BCUT2D eigenvalue weighted by atomic mass is 127. The number of amides is 1. The highest BCUT2D eigenvalue weighted by molar-refractivity contribution is 14.0. The fourth-order valence-corrected chi connectivity index (χ4v) is 3.86. The molecule has 0 aromatic heterocycles. The Morgan fingerprint density at radius 1 is 1.20 bits per heavy atom. The van der Waals surface area contributed by atoms with Gasteiger partial charge in [-0.1, -0.05) is 0 Å². The number of rotatable bonds is 6. The smallest absolute Gasteiger partial charge is 0.234 e. The highest BCUT2D eigenvalue weighted by Gasteiger charge is 2.53. The number of carbonyl (C=O) groups excluding carboxylic acids is 1. The Hall–Kier alpha value is -0.570. The second-order valence-corrected chi connectivity index (χ2v) is 8.02. The third-order valence-corrected chi connectivity index (χ3v) is 5.63. The van der Waals surface area contributed by atoms with E-state index in [0.717, 1.165) is 44.6 Å². The van der Waals surface area contributed by atoms with Gasteiger partial charge in [-0.3, -0.25) is 14.7 Å². The molecule has 6 nitrogen and oxygen atoms in total. The molecule has 0 atom stereocenters. The third-order valence-electron chi connectivity index (χ3n) is 5.63. The number of hydrogen-bond acceptors (Lipinski definition) is 3. The Morgan fingerprint density at radius 2 is 1.84 bits per heavy atom. The van der Waals surface area contributed by atoms with E-state index < -0.39 is 0 Å². The van der Waals surface area contributed by atoms with E-state index in [4.69, 9.17) is 0 Å². The standard InChI is InChI=1S/C18H33N5O.HI/c1-14(2)21-16(24)12-22-8-10-23(11-9-22)17(19-3)20-13-18(6-7-18)15-4-5-15;/h14-15H,4-13H2,1-3H3,(H,19,20)(H,21,24);1H. The van der Waals surface area contributed by atoms with Crippen LogP contribution in [0.3, 0.4) is 0 Å². The van der Waals surface area contributed by atoms with Gasteiger partial charge in [-0.25, -0.2) is 0 Å². The van der Waals surface area contributed by atoms with Gasteiger partial charge in [0.15, 0.2) is 5.96 Å². The molecule has 1 aliphatic heterocycles. The average molecular weight is 463 g/mol. The first-order valence-corrected chi connectivity index (χ1v) is 9.50. The van der Waals surface area contributed by atoms with Crippen molar-refractivity contribution in [3.8, 4) is 0 Å². The first kappa shape index (κ1) is 20.7. The van der Waals surface area contributed by atoms with Gasteiger partial charge in [-0.15, -0.1) is 24.0 Å². The van der Waals surface area contributed by atoms with E-state index in [0.29, 0.717) is 12.0 Å². The molecular weight excluding hydrogens is 429 g/mol. The van der Waals surface area contributed by atoms with E-state index in [1.54, 1.807) is 0 Å². The lowest BCUT2D eigenvalue weighted by molar-refractivity contribution is -0.123. The van der Waals surface area contributed by atoms with Gasteiger partial charge in [0.2, 0.25) is 5.91 Å². The summed E-state index contributed by atoms with van der Waals surface area (Å²) < 4.78 is 0. The maximum absolute atomic E-state index is 11.9. The number of hydrogen-bond donors (Lipinski definition) is 2. The molecule has 25 heavy (non-hydrogen) atoms. The van der Waals surface area contributed by atoms with E-state index in [2.05, 4.69) is 25.4 Å². The maximum atomic E-state index is 11.9. The first-order valence-electron chi connectivity index (χ1n) is 9.50. The third kappa shape index (κ3) is 5.70. The van der Waals surface area contributed by atoms with Crippen LogP contribution in [0.15, 0.2) is 4.99 Å². The summed E-state index contributed by atoms with van der Waals surface area (Å²) in [6.45, 7) is 9.29. The van der Waals surface area contributed by atoms with Gasteiger partial charge >= 0.3 is 0 Å². The molecule has 3 aliphatic rings. The maximum Gasteiger partial charge on any atom is 0.234 e. The molecule has 7 heteroatoms. The number of nitrogens with one attached hydrogen (secondary N) is 2. The Kier molecular flexibility index (Phi) is 7.37. The van der Waals surface area contributed by atoms with E-state index >= 15 is 0 Å². The summed E-state index contributed by atoms with van der Waals surface area (Å²) in [4.78, 5) is 20.9. The van der Waals surface area contributed by atoms with Gasteiger partial charge in [-0.05, 0) is 50.9 Å². The topological polar surface area (TPSA) is 60.0 Å². The van der Waals surface area contributed by atoms with E-state index in [1.807, 2.05) is 20.9 Å². The average Bonchev–Trinajstić information content (AvgIpc) is 3.42. The molecular formula is C18H34IN5O. The number of guanidine groups is 1. The second kappa shape index (κ2) is 8.88. The summed E-state index contributed by atoms with van der Waals surface area (Å²) in [5, 5.41) is 6.59. The quantitative estimate of drug-likeness (QED) is 0.356. The molecule has 0 spiro atoms. The fourth-order valence-electron chi connectivity index (χ4n) is 3.86. The van der Waals surface area contributed by atoms with Gasteiger partial charge in [0, 0.05) is 45.8 Å². The lowest BCUT2D eigenvalue weighted by atomic mass is 10.0. The minimum absolute atomic E-state index is 0. The zero-order valence-electron chi connectivity index (χ0n) is 15.9. The van der Waals surface area contributed by atoms with Crippen molar-refractivity contribution in [2.75, 3.05) is 46.3 Å². The van der Waals surface area contributed by atoms with Gasteiger partial charge in [0.25, 0.3) is 0 Å². The molecule has 1 heterocycles. The second-order valence-electron chi connectivity index (χ2n) is 8.02. The predicted octanol–water partition coefficient (Wildman–Crippen LogP) is 1.51. The summed E-state index contributed by atoms with van der Waals surface area (Å²) in [7, 11) is 1.88. The van der Waals surface area contributed by atoms with Crippen molar-refractivity contribution in [2.24, 2.45) is 16.3 Å². The monoisotopic (exact) mass is 463 g/mol. The summed E-state index contributed by atoms with van der Waals surface area (Å²) in [6, 6.07) is 0.211. The zero-order valence-corrected chi connectivity index (χ0v) is 18.2. The van der Waals surface area contributed by atoms with Gasteiger partial charge in [0.1, 0.15) is 0 Å². The number of aliphatic imine (C=N–C) groups is 1.